The molecule has 1 aliphatic carbocycles. The molecule has 1 aliphatic rings. The first kappa shape index (κ1) is 23.9. The summed E-state index contributed by atoms with van der Waals surface area (Å²) in [6, 6.07) is 7.61. The highest BCUT2D eigenvalue weighted by molar-refractivity contribution is 5.78. The van der Waals surface area contributed by atoms with E-state index >= 15 is 0 Å². The Balaban J connectivity index is 1.67. The number of hydrogen-bond donors (Lipinski definition) is 2. The van der Waals surface area contributed by atoms with Crippen LogP contribution in [0.3, 0.4) is 0 Å². The third kappa shape index (κ3) is 5.28. The first-order chi connectivity index (χ1) is 16.4. The van der Waals surface area contributed by atoms with Crippen LogP contribution in [0, 0.1) is 11.3 Å². The molecule has 10 heteroatoms. The first-order valence-corrected chi connectivity index (χ1v) is 11.4. The number of nitriles is 1. The number of hydrogen-bond acceptors (Lipinski definition) is 9. The van der Waals surface area contributed by atoms with Crippen molar-refractivity contribution in [3.05, 3.63) is 36.3 Å². The number of anilines is 1. The zero-order valence-corrected chi connectivity index (χ0v) is 19.5. The molecule has 10 nitrogen and oxygen atoms in total. The van der Waals surface area contributed by atoms with Crippen molar-refractivity contribution in [2.45, 2.75) is 44.2 Å². The van der Waals surface area contributed by atoms with E-state index in [0.29, 0.717) is 47.3 Å². The molecular formula is C24H30N6O4. The van der Waals surface area contributed by atoms with Crippen LogP contribution in [0.2, 0.25) is 0 Å². The van der Waals surface area contributed by atoms with Crippen molar-refractivity contribution in [1.82, 2.24) is 19.5 Å². The van der Waals surface area contributed by atoms with E-state index in [1.54, 1.807) is 23.0 Å². The van der Waals surface area contributed by atoms with Crippen molar-refractivity contribution >= 4 is 17.0 Å². The Kier molecular flexibility index (Phi) is 7.26. The molecule has 0 unspecified atom stereocenters. The van der Waals surface area contributed by atoms with E-state index in [4.69, 9.17) is 24.8 Å². The minimum Gasteiger partial charge on any atom is -0.487 e. The molecule has 180 valence electrons. The van der Waals surface area contributed by atoms with Gasteiger partial charge in [0.25, 0.3) is 0 Å². The lowest BCUT2D eigenvalue weighted by molar-refractivity contribution is 0.0174. The summed E-state index contributed by atoms with van der Waals surface area (Å²) in [5, 5.41) is 28.3. The maximum Gasteiger partial charge on any atom is 0.173 e. The van der Waals surface area contributed by atoms with E-state index < -0.39 is 5.60 Å². The average Bonchev–Trinajstić information content (AvgIpc) is 3.26. The molecule has 0 saturated heterocycles. The largest absolute Gasteiger partial charge is 0.487 e. The summed E-state index contributed by atoms with van der Waals surface area (Å²) in [6.45, 7) is 2.77. The van der Waals surface area contributed by atoms with Gasteiger partial charge in [0.05, 0.1) is 31.0 Å². The molecule has 0 aliphatic heterocycles. The van der Waals surface area contributed by atoms with E-state index in [0.717, 1.165) is 25.7 Å². The van der Waals surface area contributed by atoms with Gasteiger partial charge in [0.1, 0.15) is 30.3 Å². The zero-order chi connectivity index (χ0) is 24.1. The lowest BCUT2D eigenvalue weighted by atomic mass is 9.83. The molecule has 0 bridgehead atoms. The summed E-state index contributed by atoms with van der Waals surface area (Å²) < 4.78 is 13.1. The minimum atomic E-state index is -0.627. The van der Waals surface area contributed by atoms with Crippen LogP contribution in [-0.4, -0.2) is 74.9 Å². The lowest BCUT2D eigenvalue weighted by Gasteiger charge is -2.38. The van der Waals surface area contributed by atoms with Crippen molar-refractivity contribution in [2.75, 3.05) is 38.4 Å². The summed E-state index contributed by atoms with van der Waals surface area (Å²) in [6.07, 6.45) is 6.32. The van der Waals surface area contributed by atoms with Gasteiger partial charge in [0, 0.05) is 25.4 Å². The molecule has 34 heavy (non-hydrogen) atoms. The Morgan fingerprint density at radius 2 is 2.03 bits per heavy atom. The van der Waals surface area contributed by atoms with Crippen LogP contribution in [0.15, 0.2) is 30.7 Å². The number of aromatic nitrogens is 4. The van der Waals surface area contributed by atoms with E-state index in [1.165, 1.54) is 6.20 Å². The number of imidazole rings is 1. The summed E-state index contributed by atoms with van der Waals surface area (Å²) in [5.41, 5.74) is 1.14. The molecule has 0 atom stereocenters. The first-order valence-electron chi connectivity index (χ1n) is 11.4. The molecule has 0 aromatic carbocycles. The Morgan fingerprint density at radius 3 is 2.71 bits per heavy atom. The molecule has 3 aromatic rings. The number of rotatable bonds is 9. The fourth-order valence-corrected chi connectivity index (χ4v) is 4.20. The Morgan fingerprint density at radius 1 is 1.24 bits per heavy atom. The average molecular weight is 467 g/mol. The number of aliphatic hydroxyl groups excluding tert-OH is 1. The Labute approximate surface area is 198 Å². The monoisotopic (exact) mass is 466 g/mol. The molecule has 0 amide bonds. The molecule has 2 N–H and O–H groups in total. The van der Waals surface area contributed by atoms with Gasteiger partial charge in [-0.1, -0.05) is 0 Å². The van der Waals surface area contributed by atoms with Crippen molar-refractivity contribution in [2.24, 2.45) is 0 Å². The predicted octanol–water partition coefficient (Wildman–Crippen LogP) is 2.20. The van der Waals surface area contributed by atoms with Gasteiger partial charge in [-0.15, -0.1) is 0 Å². The van der Waals surface area contributed by atoms with Crippen LogP contribution in [0.4, 0.5) is 5.82 Å². The summed E-state index contributed by atoms with van der Waals surface area (Å²) >= 11 is 0. The van der Waals surface area contributed by atoms with Gasteiger partial charge in [0.2, 0.25) is 0 Å². The third-order valence-electron chi connectivity index (χ3n) is 6.23. The van der Waals surface area contributed by atoms with E-state index in [2.05, 4.69) is 20.9 Å². The maximum absolute atomic E-state index is 10.4. The number of ether oxygens (including phenoxy) is 2. The highest BCUT2D eigenvalue weighted by atomic mass is 16.5. The van der Waals surface area contributed by atoms with Crippen LogP contribution >= 0.6 is 0 Å². The molecule has 0 radical (unpaired) electrons. The third-order valence-corrected chi connectivity index (χ3v) is 6.23. The second-order valence-electron chi connectivity index (χ2n) is 8.81. The highest BCUT2D eigenvalue weighted by Crippen LogP contribution is 2.36. The fraction of sp³-hybridized carbons (Fsp3) is 0.500. The second-order valence-corrected chi connectivity index (χ2v) is 8.81. The van der Waals surface area contributed by atoms with Crippen LogP contribution < -0.4 is 9.64 Å². The fourth-order valence-electron chi connectivity index (χ4n) is 4.20. The van der Waals surface area contributed by atoms with Gasteiger partial charge in [-0.05, 0) is 44.7 Å². The molecule has 1 fully saturated rings. The van der Waals surface area contributed by atoms with Crippen molar-refractivity contribution in [3.63, 3.8) is 0 Å². The Bertz CT molecular complexity index is 1140. The van der Waals surface area contributed by atoms with Gasteiger partial charge in [-0.2, -0.15) is 5.26 Å². The molecule has 3 heterocycles. The molecule has 1 saturated carbocycles. The molecule has 0 spiro atoms. The van der Waals surface area contributed by atoms with Gasteiger partial charge in [0.15, 0.2) is 17.2 Å². The van der Waals surface area contributed by atoms with Crippen LogP contribution in [0.25, 0.3) is 17.0 Å². The minimum absolute atomic E-state index is 0.0340. The quantitative estimate of drug-likeness (QED) is 0.456. The van der Waals surface area contributed by atoms with Gasteiger partial charge < -0.3 is 24.6 Å². The van der Waals surface area contributed by atoms with E-state index in [1.807, 2.05) is 20.0 Å². The van der Waals surface area contributed by atoms with Crippen LogP contribution in [-0.2, 0) is 4.74 Å². The topological polar surface area (TPSA) is 130 Å². The van der Waals surface area contributed by atoms with E-state index in [-0.39, 0.29) is 19.3 Å². The molecular weight excluding hydrogens is 436 g/mol. The van der Waals surface area contributed by atoms with Crippen LogP contribution in [0.1, 0.15) is 38.2 Å². The summed E-state index contributed by atoms with van der Waals surface area (Å²) in [4.78, 5) is 15.9. The molecule has 4 rings (SSSR count). The highest BCUT2D eigenvalue weighted by Gasteiger charge is 2.32. The van der Waals surface area contributed by atoms with Gasteiger partial charge >= 0.3 is 0 Å². The van der Waals surface area contributed by atoms with Crippen molar-refractivity contribution < 1.29 is 19.7 Å². The number of fused-ring (bicyclic) bond motifs is 1. The molecule has 3 aromatic heterocycles. The normalized spacial score (nSPS) is 20.3. The van der Waals surface area contributed by atoms with Gasteiger partial charge in [-0.25, -0.2) is 15.0 Å². The Hall–Kier alpha value is -3.26. The zero-order valence-electron chi connectivity index (χ0n) is 19.5. The lowest BCUT2D eigenvalue weighted by Crippen LogP contribution is -2.41. The number of nitrogens with zero attached hydrogens (tertiary/aromatic N) is 6. The van der Waals surface area contributed by atoms with Gasteiger partial charge in [-0.3, -0.25) is 4.57 Å². The standard InChI is InChI=1S/C24H30N6O4/c1-24(32)7-5-18(6-8-24)29(2)23-20(34-12-11-33-10-9-31)13-19-22(28-23)30(16-27-19)21-4-3-17(14-25)15-26-21/h3-4,13,15-16,18,31-32H,5-12H2,1-2H3. The number of pyridine rings is 2. The second kappa shape index (κ2) is 10.3. The maximum atomic E-state index is 10.4. The van der Waals surface area contributed by atoms with E-state index in [9.17, 15) is 5.11 Å². The summed E-state index contributed by atoms with van der Waals surface area (Å²) in [5.74, 6) is 1.89. The number of aliphatic hydroxyl groups is 2. The SMILES string of the molecule is CN(c1nc2c(cc1OCCOCCO)ncn2-c1ccc(C#N)cn1)C1CCC(C)(O)CC1. The smallest absolute Gasteiger partial charge is 0.173 e. The van der Waals surface area contributed by atoms with Crippen molar-refractivity contribution in [3.8, 4) is 17.6 Å². The van der Waals surface area contributed by atoms with Crippen molar-refractivity contribution in [1.29, 1.82) is 5.26 Å². The summed E-state index contributed by atoms with van der Waals surface area (Å²) in [7, 11) is 1.99. The van der Waals surface area contributed by atoms with Crippen LogP contribution in [0.5, 0.6) is 5.75 Å². The predicted molar refractivity (Wildman–Crippen MR) is 126 cm³/mol.